The van der Waals surface area contributed by atoms with Crippen molar-refractivity contribution in [1.29, 1.82) is 0 Å². The van der Waals surface area contributed by atoms with Crippen molar-refractivity contribution in [2.24, 2.45) is 0 Å². The van der Waals surface area contributed by atoms with Gasteiger partial charge in [0.1, 0.15) is 0 Å². The lowest BCUT2D eigenvalue weighted by Gasteiger charge is -2.36. The van der Waals surface area contributed by atoms with Crippen LogP contribution in [0.2, 0.25) is 0 Å². The molecular weight excluding hydrogens is 386 g/mol. The molecule has 0 radical (unpaired) electrons. The van der Waals surface area contributed by atoms with Crippen LogP contribution in [-0.2, 0) is 14.3 Å². The van der Waals surface area contributed by atoms with E-state index >= 15 is 0 Å². The topological polar surface area (TPSA) is 111 Å². The first kappa shape index (κ1) is 20.1. The normalized spacial score (nSPS) is 21.5. The van der Waals surface area contributed by atoms with Crippen LogP contribution in [0.5, 0.6) is 0 Å². The molecular formula is C21H25N5O4. The lowest BCUT2D eigenvalue weighted by atomic mass is 9.82. The summed E-state index contributed by atoms with van der Waals surface area (Å²) in [5.74, 6) is 0.815. The fourth-order valence-electron chi connectivity index (χ4n) is 4.14. The van der Waals surface area contributed by atoms with Gasteiger partial charge in [0, 0.05) is 24.3 Å². The molecule has 1 aliphatic carbocycles. The Morgan fingerprint density at radius 3 is 2.53 bits per heavy atom. The van der Waals surface area contributed by atoms with E-state index in [1.54, 1.807) is 6.07 Å². The van der Waals surface area contributed by atoms with E-state index in [9.17, 15) is 9.59 Å². The van der Waals surface area contributed by atoms with Gasteiger partial charge in [0.25, 0.3) is 5.56 Å². The van der Waals surface area contributed by atoms with Crippen LogP contribution in [0.25, 0.3) is 10.8 Å². The van der Waals surface area contributed by atoms with E-state index in [-0.39, 0.29) is 17.6 Å². The maximum absolute atomic E-state index is 13.2. The SMILES string of the molecule is COC(=O)C1(OC)CCC(n2nc(Nc3cc(C)[nH]n3)c3ccccc3c2=O)CC1. The minimum Gasteiger partial charge on any atom is -0.467 e. The van der Waals surface area contributed by atoms with E-state index < -0.39 is 5.60 Å². The van der Waals surface area contributed by atoms with Gasteiger partial charge in [-0.2, -0.15) is 10.2 Å². The number of fused-ring (bicyclic) bond motifs is 1. The van der Waals surface area contributed by atoms with E-state index in [4.69, 9.17) is 9.47 Å². The third-order valence-corrected chi connectivity index (χ3v) is 5.84. The highest BCUT2D eigenvalue weighted by molar-refractivity contribution is 5.92. The average Bonchev–Trinajstić information content (AvgIpc) is 3.20. The number of carbonyl (C=O) groups is 1. The second-order valence-corrected chi connectivity index (χ2v) is 7.63. The van der Waals surface area contributed by atoms with E-state index in [0.29, 0.717) is 42.7 Å². The van der Waals surface area contributed by atoms with Crippen molar-refractivity contribution in [3.8, 4) is 0 Å². The summed E-state index contributed by atoms with van der Waals surface area (Å²) in [5.41, 5.74) is -0.192. The fourth-order valence-corrected chi connectivity index (χ4v) is 4.14. The van der Waals surface area contributed by atoms with Crippen molar-refractivity contribution < 1.29 is 14.3 Å². The van der Waals surface area contributed by atoms with Crippen LogP contribution in [-0.4, -0.2) is 45.8 Å². The molecule has 0 bridgehead atoms. The molecule has 0 atom stereocenters. The summed E-state index contributed by atoms with van der Waals surface area (Å²) in [6, 6.07) is 9.10. The van der Waals surface area contributed by atoms with E-state index in [1.165, 1.54) is 18.9 Å². The summed E-state index contributed by atoms with van der Waals surface area (Å²) in [4.78, 5) is 25.4. The van der Waals surface area contributed by atoms with Gasteiger partial charge in [0.2, 0.25) is 0 Å². The quantitative estimate of drug-likeness (QED) is 0.621. The number of methoxy groups -OCH3 is 2. The molecule has 4 rings (SSSR count). The molecule has 1 saturated carbocycles. The Morgan fingerprint density at radius 1 is 1.23 bits per heavy atom. The minimum atomic E-state index is -0.959. The monoisotopic (exact) mass is 411 g/mol. The molecule has 0 unspecified atom stereocenters. The summed E-state index contributed by atoms with van der Waals surface area (Å²) < 4.78 is 12.0. The molecule has 0 aliphatic heterocycles. The second kappa shape index (κ2) is 7.91. The zero-order valence-corrected chi connectivity index (χ0v) is 17.3. The molecule has 0 amide bonds. The van der Waals surface area contributed by atoms with Crippen molar-refractivity contribution >= 4 is 28.4 Å². The van der Waals surface area contributed by atoms with Gasteiger partial charge < -0.3 is 14.8 Å². The summed E-state index contributed by atoms with van der Waals surface area (Å²) in [7, 11) is 2.88. The Morgan fingerprint density at radius 2 is 1.93 bits per heavy atom. The van der Waals surface area contributed by atoms with Crippen LogP contribution in [0.3, 0.4) is 0 Å². The molecule has 0 saturated heterocycles. The van der Waals surface area contributed by atoms with Crippen LogP contribution >= 0.6 is 0 Å². The molecule has 2 N–H and O–H groups in total. The molecule has 9 heteroatoms. The number of nitrogens with one attached hydrogen (secondary N) is 2. The predicted octanol–water partition coefficient (Wildman–Crippen LogP) is 2.84. The predicted molar refractivity (Wildman–Crippen MR) is 112 cm³/mol. The van der Waals surface area contributed by atoms with Crippen molar-refractivity contribution in [3.05, 3.63) is 46.4 Å². The number of esters is 1. The summed E-state index contributed by atoms with van der Waals surface area (Å²) in [6.07, 6.45) is 2.08. The second-order valence-electron chi connectivity index (χ2n) is 7.63. The number of carbonyl (C=O) groups excluding carboxylic acids is 1. The number of aromatic nitrogens is 4. The Kier molecular flexibility index (Phi) is 5.29. The summed E-state index contributed by atoms with van der Waals surface area (Å²) in [6.45, 7) is 1.91. The number of rotatable bonds is 5. The highest BCUT2D eigenvalue weighted by atomic mass is 16.6. The fraction of sp³-hybridized carbons (Fsp3) is 0.429. The van der Waals surface area contributed by atoms with Gasteiger partial charge in [0.15, 0.2) is 17.2 Å². The zero-order chi connectivity index (χ0) is 21.3. The van der Waals surface area contributed by atoms with E-state index in [0.717, 1.165) is 11.1 Å². The molecule has 1 aromatic carbocycles. The number of nitrogens with zero attached hydrogens (tertiary/aromatic N) is 3. The molecule has 9 nitrogen and oxygen atoms in total. The van der Waals surface area contributed by atoms with Crippen LogP contribution < -0.4 is 10.9 Å². The first-order valence-electron chi connectivity index (χ1n) is 9.91. The zero-order valence-electron chi connectivity index (χ0n) is 17.3. The number of H-pyrrole nitrogens is 1. The number of aryl methyl sites for hydroxylation is 1. The van der Waals surface area contributed by atoms with Gasteiger partial charge in [-0.1, -0.05) is 18.2 Å². The first-order chi connectivity index (χ1) is 14.5. The van der Waals surface area contributed by atoms with Gasteiger partial charge in [-0.15, -0.1) is 0 Å². The molecule has 1 fully saturated rings. The lowest BCUT2D eigenvalue weighted by Crippen LogP contribution is -2.46. The third-order valence-electron chi connectivity index (χ3n) is 5.84. The Balaban J connectivity index is 1.70. The van der Waals surface area contributed by atoms with Gasteiger partial charge in [-0.05, 0) is 38.7 Å². The lowest BCUT2D eigenvalue weighted by molar-refractivity contribution is -0.171. The van der Waals surface area contributed by atoms with Crippen LogP contribution in [0, 0.1) is 6.92 Å². The van der Waals surface area contributed by atoms with E-state index in [2.05, 4.69) is 20.6 Å². The van der Waals surface area contributed by atoms with Gasteiger partial charge in [0.05, 0.1) is 18.5 Å². The molecule has 2 aromatic heterocycles. The Hall–Kier alpha value is -3.20. The molecule has 30 heavy (non-hydrogen) atoms. The van der Waals surface area contributed by atoms with Gasteiger partial charge in [-0.25, -0.2) is 9.48 Å². The van der Waals surface area contributed by atoms with Crippen LogP contribution in [0.1, 0.15) is 37.4 Å². The molecule has 3 aromatic rings. The number of benzene rings is 1. The van der Waals surface area contributed by atoms with Crippen LogP contribution in [0.4, 0.5) is 11.6 Å². The number of ether oxygens (including phenoxy) is 2. The number of hydrogen-bond donors (Lipinski definition) is 2. The van der Waals surface area contributed by atoms with Gasteiger partial charge in [-0.3, -0.25) is 9.89 Å². The average molecular weight is 411 g/mol. The van der Waals surface area contributed by atoms with Gasteiger partial charge >= 0.3 is 5.97 Å². The van der Waals surface area contributed by atoms with Crippen molar-refractivity contribution in [2.45, 2.75) is 44.2 Å². The van der Waals surface area contributed by atoms with Crippen molar-refractivity contribution in [1.82, 2.24) is 20.0 Å². The third kappa shape index (κ3) is 3.45. The molecule has 2 heterocycles. The minimum absolute atomic E-state index is 0.142. The summed E-state index contributed by atoms with van der Waals surface area (Å²) >= 11 is 0. The largest absolute Gasteiger partial charge is 0.467 e. The Bertz CT molecular complexity index is 1130. The van der Waals surface area contributed by atoms with Crippen molar-refractivity contribution in [2.75, 3.05) is 19.5 Å². The van der Waals surface area contributed by atoms with E-state index in [1.807, 2.05) is 31.2 Å². The molecule has 0 spiro atoms. The maximum atomic E-state index is 13.2. The number of hydrogen-bond acceptors (Lipinski definition) is 7. The van der Waals surface area contributed by atoms with Crippen molar-refractivity contribution in [3.63, 3.8) is 0 Å². The van der Waals surface area contributed by atoms with Crippen LogP contribution in [0.15, 0.2) is 35.1 Å². The number of anilines is 2. The molecule has 1 aliphatic rings. The smallest absolute Gasteiger partial charge is 0.338 e. The highest BCUT2D eigenvalue weighted by Crippen LogP contribution is 2.37. The summed E-state index contributed by atoms with van der Waals surface area (Å²) in [5, 5.41) is 16.3. The number of aromatic amines is 1. The first-order valence-corrected chi connectivity index (χ1v) is 9.91. The standard InChI is InChI=1S/C21H25N5O4/c1-13-12-17(24-23-13)22-18-15-6-4-5-7-16(15)19(27)26(25-18)14-8-10-21(30-3,11-9-14)20(28)29-2/h4-7,12,14H,8-11H2,1-3H3,(H2,22,23,24,25). The molecule has 158 valence electrons. The highest BCUT2D eigenvalue weighted by Gasteiger charge is 2.44. The maximum Gasteiger partial charge on any atom is 0.338 e. The Labute approximate surface area is 173 Å².